The number of amides is 2. The molecule has 2 heterocycles. The maximum absolute atomic E-state index is 12.7. The summed E-state index contributed by atoms with van der Waals surface area (Å²) in [7, 11) is 1.60. The van der Waals surface area contributed by atoms with Crippen molar-refractivity contribution in [2.75, 3.05) is 25.5 Å². The number of carbonyl (C=O) groups is 2. The molecule has 0 bridgehead atoms. The third-order valence-electron chi connectivity index (χ3n) is 5.57. The Balaban J connectivity index is 1.35. The second-order valence-corrected chi connectivity index (χ2v) is 8.03. The number of methoxy groups -OCH3 is 1. The van der Waals surface area contributed by atoms with Crippen molar-refractivity contribution >= 4 is 17.5 Å². The van der Waals surface area contributed by atoms with Gasteiger partial charge in [0.25, 0.3) is 0 Å². The van der Waals surface area contributed by atoms with Gasteiger partial charge in [-0.2, -0.15) is 0 Å². The van der Waals surface area contributed by atoms with Gasteiger partial charge >= 0.3 is 0 Å². The minimum Gasteiger partial charge on any atom is -0.493 e. The zero-order valence-electron chi connectivity index (χ0n) is 17.4. The highest BCUT2D eigenvalue weighted by Crippen LogP contribution is 2.33. The Bertz CT molecular complexity index is 925. The highest BCUT2D eigenvalue weighted by molar-refractivity contribution is 5.93. The fraction of sp³-hybridized carbons (Fsp3) is 0.435. The van der Waals surface area contributed by atoms with Crippen molar-refractivity contribution in [2.24, 2.45) is 11.8 Å². The highest BCUT2D eigenvalue weighted by atomic mass is 16.5. The standard InChI is InChI=1S/C23H27N3O4/c1-15-5-9-19(20(12-15)29-2)30-21-10-8-18(13-24-21)25-22(27)17-4-3-11-26(14-17)23(28)16-6-7-16/h5,8-10,12-13,16-17H,3-4,6-7,11,14H2,1-2H3,(H,25,27). The minimum absolute atomic E-state index is 0.0704. The number of rotatable bonds is 6. The van der Waals surface area contributed by atoms with E-state index in [1.165, 1.54) is 0 Å². The fourth-order valence-corrected chi connectivity index (χ4v) is 3.71. The number of carbonyl (C=O) groups excluding carboxylic acids is 2. The molecule has 2 aliphatic rings. The van der Waals surface area contributed by atoms with Crippen molar-refractivity contribution in [3.05, 3.63) is 42.1 Å². The summed E-state index contributed by atoms with van der Waals surface area (Å²) in [4.78, 5) is 31.1. The van der Waals surface area contributed by atoms with Crippen molar-refractivity contribution in [2.45, 2.75) is 32.6 Å². The van der Waals surface area contributed by atoms with E-state index in [0.717, 1.165) is 37.8 Å². The molecule has 7 nitrogen and oxygen atoms in total. The number of nitrogens with one attached hydrogen (secondary N) is 1. The highest BCUT2D eigenvalue weighted by Gasteiger charge is 2.36. The van der Waals surface area contributed by atoms with Crippen molar-refractivity contribution in [1.29, 1.82) is 0 Å². The number of aryl methyl sites for hydroxylation is 1. The third-order valence-corrected chi connectivity index (χ3v) is 5.57. The number of pyridine rings is 1. The van der Waals surface area contributed by atoms with Crippen LogP contribution in [0.5, 0.6) is 17.4 Å². The van der Waals surface area contributed by atoms with Gasteiger partial charge in [0.2, 0.25) is 17.7 Å². The van der Waals surface area contributed by atoms with E-state index in [2.05, 4.69) is 10.3 Å². The van der Waals surface area contributed by atoms with Crippen LogP contribution in [0.25, 0.3) is 0 Å². The molecule has 1 unspecified atom stereocenters. The topological polar surface area (TPSA) is 80.8 Å². The lowest BCUT2D eigenvalue weighted by molar-refractivity contribution is -0.135. The number of piperidine rings is 1. The van der Waals surface area contributed by atoms with Gasteiger partial charge in [-0.3, -0.25) is 9.59 Å². The average molecular weight is 409 g/mol. The van der Waals surface area contributed by atoms with E-state index in [4.69, 9.17) is 9.47 Å². The van der Waals surface area contributed by atoms with Gasteiger partial charge in [-0.05, 0) is 56.4 Å². The van der Waals surface area contributed by atoms with Crippen LogP contribution in [-0.4, -0.2) is 41.9 Å². The average Bonchev–Trinajstić information content (AvgIpc) is 3.61. The Hall–Kier alpha value is -3.09. The summed E-state index contributed by atoms with van der Waals surface area (Å²) in [6.45, 7) is 3.24. The lowest BCUT2D eigenvalue weighted by Gasteiger charge is -2.32. The summed E-state index contributed by atoms with van der Waals surface area (Å²) in [5, 5.41) is 2.92. The maximum Gasteiger partial charge on any atom is 0.229 e. The summed E-state index contributed by atoms with van der Waals surface area (Å²) < 4.78 is 11.2. The van der Waals surface area contributed by atoms with Crippen LogP contribution < -0.4 is 14.8 Å². The molecule has 2 amide bonds. The zero-order valence-corrected chi connectivity index (χ0v) is 17.4. The zero-order chi connectivity index (χ0) is 21.1. The summed E-state index contributed by atoms with van der Waals surface area (Å²) in [5.41, 5.74) is 1.68. The molecule has 158 valence electrons. The predicted molar refractivity (Wildman–Crippen MR) is 113 cm³/mol. The molecule has 2 aromatic rings. The van der Waals surface area contributed by atoms with Gasteiger partial charge in [0.1, 0.15) is 0 Å². The molecular weight excluding hydrogens is 382 g/mol. The van der Waals surface area contributed by atoms with Crippen molar-refractivity contribution in [1.82, 2.24) is 9.88 Å². The van der Waals surface area contributed by atoms with E-state index in [-0.39, 0.29) is 23.7 Å². The van der Waals surface area contributed by atoms with Gasteiger partial charge in [-0.25, -0.2) is 4.98 Å². The molecule has 30 heavy (non-hydrogen) atoms. The molecule has 7 heteroatoms. The molecule has 1 N–H and O–H groups in total. The Morgan fingerprint density at radius 3 is 2.63 bits per heavy atom. The maximum atomic E-state index is 12.7. The summed E-state index contributed by atoms with van der Waals surface area (Å²) in [6, 6.07) is 9.14. The molecule has 2 fully saturated rings. The summed E-state index contributed by atoms with van der Waals surface area (Å²) in [5.74, 6) is 1.77. The van der Waals surface area contributed by atoms with Crippen LogP contribution in [-0.2, 0) is 9.59 Å². The van der Waals surface area contributed by atoms with Crippen LogP contribution in [0.3, 0.4) is 0 Å². The smallest absolute Gasteiger partial charge is 0.229 e. The second-order valence-electron chi connectivity index (χ2n) is 8.03. The van der Waals surface area contributed by atoms with Crippen LogP contribution in [0.15, 0.2) is 36.5 Å². The van der Waals surface area contributed by atoms with Gasteiger partial charge in [0, 0.05) is 25.1 Å². The van der Waals surface area contributed by atoms with Crippen molar-refractivity contribution < 1.29 is 19.1 Å². The lowest BCUT2D eigenvalue weighted by atomic mass is 9.96. The molecule has 1 aliphatic heterocycles. The minimum atomic E-state index is -0.186. The first kappa shape index (κ1) is 20.2. The molecule has 1 aromatic carbocycles. The Labute approximate surface area is 176 Å². The quantitative estimate of drug-likeness (QED) is 0.785. The molecule has 1 saturated carbocycles. The summed E-state index contributed by atoms with van der Waals surface area (Å²) >= 11 is 0. The molecule has 4 rings (SSSR count). The van der Waals surface area contributed by atoms with E-state index in [9.17, 15) is 9.59 Å². The molecule has 1 aliphatic carbocycles. The largest absolute Gasteiger partial charge is 0.493 e. The van der Waals surface area contributed by atoms with Gasteiger partial charge < -0.3 is 19.7 Å². The SMILES string of the molecule is COc1cc(C)ccc1Oc1ccc(NC(=O)C2CCCN(C(=O)C3CC3)C2)cn1. The van der Waals surface area contributed by atoms with Crippen LogP contribution in [0, 0.1) is 18.8 Å². The first-order valence-corrected chi connectivity index (χ1v) is 10.4. The second kappa shape index (κ2) is 8.73. The number of aromatic nitrogens is 1. The van der Waals surface area contributed by atoms with Gasteiger partial charge in [-0.1, -0.05) is 6.07 Å². The Kier molecular flexibility index (Phi) is 5.88. The molecule has 0 radical (unpaired) electrons. The monoisotopic (exact) mass is 409 g/mol. The normalized spacial score (nSPS) is 18.6. The fourth-order valence-electron chi connectivity index (χ4n) is 3.71. The van der Waals surface area contributed by atoms with E-state index < -0.39 is 0 Å². The van der Waals surface area contributed by atoms with Gasteiger partial charge in [0.05, 0.1) is 24.9 Å². The van der Waals surface area contributed by atoms with Gasteiger partial charge in [0.15, 0.2) is 11.5 Å². The first-order valence-electron chi connectivity index (χ1n) is 10.4. The molecule has 1 aromatic heterocycles. The van der Waals surface area contributed by atoms with Crippen LogP contribution in [0.2, 0.25) is 0 Å². The predicted octanol–water partition coefficient (Wildman–Crippen LogP) is 3.78. The Morgan fingerprint density at radius 2 is 1.93 bits per heavy atom. The Morgan fingerprint density at radius 1 is 1.10 bits per heavy atom. The lowest BCUT2D eigenvalue weighted by Crippen LogP contribution is -2.44. The van der Waals surface area contributed by atoms with Crippen LogP contribution in [0.1, 0.15) is 31.2 Å². The number of anilines is 1. The summed E-state index contributed by atoms with van der Waals surface area (Å²) in [6.07, 6.45) is 5.20. The van der Waals surface area contributed by atoms with E-state index >= 15 is 0 Å². The molecule has 1 atom stereocenters. The first-order chi connectivity index (χ1) is 14.5. The van der Waals surface area contributed by atoms with E-state index in [1.54, 1.807) is 25.4 Å². The van der Waals surface area contributed by atoms with Crippen LogP contribution >= 0.6 is 0 Å². The third kappa shape index (κ3) is 4.72. The number of hydrogen-bond acceptors (Lipinski definition) is 5. The van der Waals surface area contributed by atoms with Crippen molar-refractivity contribution in [3.8, 4) is 17.4 Å². The van der Waals surface area contributed by atoms with Crippen LogP contribution in [0.4, 0.5) is 5.69 Å². The number of ether oxygens (including phenoxy) is 2. The molecular formula is C23H27N3O4. The number of hydrogen-bond donors (Lipinski definition) is 1. The van der Waals surface area contributed by atoms with Crippen molar-refractivity contribution in [3.63, 3.8) is 0 Å². The van der Waals surface area contributed by atoms with E-state index in [0.29, 0.717) is 29.6 Å². The van der Waals surface area contributed by atoms with E-state index in [1.807, 2.05) is 30.0 Å². The number of benzene rings is 1. The molecule has 1 saturated heterocycles. The number of nitrogens with zero attached hydrogens (tertiary/aromatic N) is 2. The molecule has 0 spiro atoms. The number of likely N-dealkylation sites (tertiary alicyclic amines) is 1. The van der Waals surface area contributed by atoms with Gasteiger partial charge in [-0.15, -0.1) is 0 Å².